The van der Waals surface area contributed by atoms with Crippen LogP contribution in [0.2, 0.25) is 5.15 Å². The van der Waals surface area contributed by atoms with Crippen LogP contribution in [-0.2, 0) is 6.54 Å². The van der Waals surface area contributed by atoms with Gasteiger partial charge in [0.2, 0.25) is 0 Å². The summed E-state index contributed by atoms with van der Waals surface area (Å²) >= 11 is 6.49. The van der Waals surface area contributed by atoms with Gasteiger partial charge in [-0.15, -0.1) is 0 Å². The third-order valence-electron chi connectivity index (χ3n) is 4.93. The molecule has 26 heavy (non-hydrogen) atoms. The van der Waals surface area contributed by atoms with Crippen molar-refractivity contribution in [1.82, 2.24) is 20.0 Å². The molecule has 0 bridgehead atoms. The quantitative estimate of drug-likeness (QED) is 0.841. The van der Waals surface area contributed by atoms with E-state index in [9.17, 15) is 4.79 Å². The predicted molar refractivity (Wildman–Crippen MR) is 105 cm³/mol. The van der Waals surface area contributed by atoms with Crippen LogP contribution in [0.25, 0.3) is 0 Å². The molecular formula is C20H27ClN4O. The van der Waals surface area contributed by atoms with Gasteiger partial charge < -0.3 is 10.2 Å². The number of aromatic nitrogens is 2. The summed E-state index contributed by atoms with van der Waals surface area (Å²) in [5.41, 5.74) is 2.28. The fourth-order valence-electron chi connectivity index (χ4n) is 3.55. The average Bonchev–Trinajstić information content (AvgIpc) is 2.91. The lowest BCUT2D eigenvalue weighted by Gasteiger charge is -2.32. The number of halogens is 1. The van der Waals surface area contributed by atoms with E-state index in [1.165, 1.54) is 6.42 Å². The lowest BCUT2D eigenvalue weighted by atomic mass is 10.0. The van der Waals surface area contributed by atoms with Gasteiger partial charge in [0.15, 0.2) is 0 Å². The van der Waals surface area contributed by atoms with Crippen LogP contribution in [0.15, 0.2) is 30.3 Å². The largest absolute Gasteiger partial charge is 0.349 e. The van der Waals surface area contributed by atoms with Gasteiger partial charge in [0, 0.05) is 19.1 Å². The molecule has 1 aromatic heterocycles. The van der Waals surface area contributed by atoms with Crippen LogP contribution < -0.4 is 5.32 Å². The van der Waals surface area contributed by atoms with E-state index in [4.69, 9.17) is 11.6 Å². The highest BCUT2D eigenvalue weighted by atomic mass is 35.5. The van der Waals surface area contributed by atoms with Gasteiger partial charge in [0.25, 0.3) is 5.91 Å². The first kappa shape index (κ1) is 18.9. The number of carbonyl (C=O) groups is 1. The molecule has 1 amide bonds. The first-order valence-electron chi connectivity index (χ1n) is 9.38. The molecule has 1 aromatic carbocycles. The van der Waals surface area contributed by atoms with Crippen molar-refractivity contribution in [3.8, 4) is 0 Å². The molecule has 0 aliphatic carbocycles. The van der Waals surface area contributed by atoms with Crippen LogP contribution in [0.3, 0.4) is 0 Å². The molecule has 140 valence electrons. The summed E-state index contributed by atoms with van der Waals surface area (Å²) in [7, 11) is 0. The summed E-state index contributed by atoms with van der Waals surface area (Å²) in [6, 6.07) is 10.2. The molecule has 0 radical (unpaired) electrons. The van der Waals surface area contributed by atoms with Crippen LogP contribution >= 0.6 is 11.6 Å². The van der Waals surface area contributed by atoms with Crippen molar-refractivity contribution in [1.29, 1.82) is 0 Å². The summed E-state index contributed by atoms with van der Waals surface area (Å²) < 4.78 is 1.70. The number of amides is 1. The Kier molecular flexibility index (Phi) is 6.33. The average molecular weight is 375 g/mol. The second-order valence-electron chi connectivity index (χ2n) is 6.98. The molecule has 0 spiro atoms. The van der Waals surface area contributed by atoms with Gasteiger partial charge in [-0.2, -0.15) is 5.10 Å². The van der Waals surface area contributed by atoms with Crippen molar-refractivity contribution in [3.63, 3.8) is 0 Å². The summed E-state index contributed by atoms with van der Waals surface area (Å²) in [4.78, 5) is 15.2. The molecule has 1 saturated heterocycles. The number of nitrogens with one attached hydrogen (secondary N) is 1. The normalized spacial score (nSPS) is 16.0. The maximum atomic E-state index is 12.8. The monoisotopic (exact) mass is 374 g/mol. The Bertz CT molecular complexity index is 736. The number of rotatable bonds is 6. The Morgan fingerprint density at radius 1 is 1.27 bits per heavy atom. The minimum Gasteiger partial charge on any atom is -0.349 e. The van der Waals surface area contributed by atoms with Crippen molar-refractivity contribution in [2.24, 2.45) is 0 Å². The fourth-order valence-corrected chi connectivity index (χ4v) is 3.87. The van der Waals surface area contributed by atoms with E-state index in [2.05, 4.69) is 22.2 Å². The summed E-state index contributed by atoms with van der Waals surface area (Å²) in [6.45, 7) is 7.82. The zero-order valence-electron chi connectivity index (χ0n) is 15.5. The minimum atomic E-state index is -0.110. The van der Waals surface area contributed by atoms with Crippen molar-refractivity contribution in [3.05, 3.63) is 52.3 Å². The van der Waals surface area contributed by atoms with Crippen LogP contribution in [0.1, 0.15) is 47.8 Å². The number of carbonyl (C=O) groups excluding carboxylic acids is 1. The molecule has 0 saturated carbocycles. The molecule has 1 N–H and O–H groups in total. The Morgan fingerprint density at radius 3 is 2.62 bits per heavy atom. The Labute approximate surface area is 160 Å². The highest BCUT2D eigenvalue weighted by molar-refractivity contribution is 6.33. The van der Waals surface area contributed by atoms with Crippen LogP contribution in [0.5, 0.6) is 0 Å². The van der Waals surface area contributed by atoms with Crippen LogP contribution in [0.4, 0.5) is 0 Å². The Morgan fingerprint density at radius 2 is 1.96 bits per heavy atom. The van der Waals surface area contributed by atoms with E-state index >= 15 is 0 Å². The zero-order chi connectivity index (χ0) is 18.5. The molecular weight excluding hydrogens is 348 g/mol. The zero-order valence-corrected chi connectivity index (χ0v) is 16.3. The van der Waals surface area contributed by atoms with Gasteiger partial charge in [0.05, 0.1) is 17.8 Å². The maximum Gasteiger partial charge on any atom is 0.256 e. The highest BCUT2D eigenvalue weighted by Gasteiger charge is 2.25. The third kappa shape index (κ3) is 4.46. The van der Waals surface area contributed by atoms with E-state index in [0.29, 0.717) is 23.0 Å². The van der Waals surface area contributed by atoms with Gasteiger partial charge in [-0.25, -0.2) is 4.68 Å². The molecule has 6 heteroatoms. The number of benzene rings is 1. The standard InChI is InChI=1S/C20H27ClN4O/c1-3-11-24-12-9-17(10-13-24)22-20(26)18-15(2)23-25(19(18)21)14-16-7-5-4-6-8-16/h4-8,17H,3,9-14H2,1-2H3,(H,22,26). The first-order valence-corrected chi connectivity index (χ1v) is 9.76. The number of likely N-dealkylation sites (tertiary alicyclic amines) is 1. The number of aryl methyl sites for hydroxylation is 1. The second kappa shape index (κ2) is 8.69. The van der Waals surface area contributed by atoms with Gasteiger partial charge in [0.1, 0.15) is 5.15 Å². The number of nitrogens with zero attached hydrogens (tertiary/aromatic N) is 3. The molecule has 1 fully saturated rings. The minimum absolute atomic E-state index is 0.110. The fraction of sp³-hybridized carbons (Fsp3) is 0.500. The molecule has 0 unspecified atom stereocenters. The topological polar surface area (TPSA) is 50.2 Å². The molecule has 3 rings (SSSR count). The molecule has 2 aromatic rings. The predicted octanol–water partition coefficient (Wildman–Crippen LogP) is 3.50. The Balaban J connectivity index is 1.64. The van der Waals surface area contributed by atoms with E-state index in [0.717, 1.165) is 38.0 Å². The van der Waals surface area contributed by atoms with Crippen LogP contribution in [0, 0.1) is 6.92 Å². The van der Waals surface area contributed by atoms with Gasteiger partial charge in [-0.05, 0) is 38.3 Å². The number of piperidine rings is 1. The molecule has 1 aliphatic rings. The maximum absolute atomic E-state index is 12.8. The SMILES string of the molecule is CCCN1CCC(NC(=O)c2c(C)nn(Cc3ccccc3)c2Cl)CC1. The smallest absolute Gasteiger partial charge is 0.256 e. The summed E-state index contributed by atoms with van der Waals surface area (Å²) in [6.07, 6.45) is 3.15. The van der Waals surface area contributed by atoms with E-state index in [1.807, 2.05) is 37.3 Å². The van der Waals surface area contributed by atoms with Gasteiger partial charge in [-0.1, -0.05) is 48.9 Å². The molecule has 1 aliphatic heterocycles. The van der Waals surface area contributed by atoms with Crippen molar-refractivity contribution in [2.75, 3.05) is 19.6 Å². The van der Waals surface area contributed by atoms with E-state index < -0.39 is 0 Å². The molecule has 2 heterocycles. The van der Waals surface area contributed by atoms with Crippen molar-refractivity contribution in [2.45, 2.75) is 45.7 Å². The lowest BCUT2D eigenvalue weighted by Crippen LogP contribution is -2.44. The highest BCUT2D eigenvalue weighted by Crippen LogP contribution is 2.22. The van der Waals surface area contributed by atoms with Crippen molar-refractivity contribution < 1.29 is 4.79 Å². The van der Waals surface area contributed by atoms with Gasteiger partial charge >= 0.3 is 0 Å². The van der Waals surface area contributed by atoms with E-state index in [-0.39, 0.29) is 11.9 Å². The summed E-state index contributed by atoms with van der Waals surface area (Å²) in [5.74, 6) is -0.110. The Hall–Kier alpha value is -1.85. The number of hydrogen-bond donors (Lipinski definition) is 1. The lowest BCUT2D eigenvalue weighted by molar-refractivity contribution is 0.0910. The first-order chi connectivity index (χ1) is 12.6. The van der Waals surface area contributed by atoms with E-state index in [1.54, 1.807) is 4.68 Å². The second-order valence-corrected chi connectivity index (χ2v) is 7.34. The third-order valence-corrected chi connectivity index (χ3v) is 5.31. The van der Waals surface area contributed by atoms with Gasteiger partial charge in [-0.3, -0.25) is 4.79 Å². The summed E-state index contributed by atoms with van der Waals surface area (Å²) in [5, 5.41) is 8.03. The van der Waals surface area contributed by atoms with Crippen LogP contribution in [-0.4, -0.2) is 46.3 Å². The molecule has 5 nitrogen and oxygen atoms in total. The number of hydrogen-bond acceptors (Lipinski definition) is 3. The van der Waals surface area contributed by atoms with Crippen molar-refractivity contribution >= 4 is 17.5 Å². The molecule has 0 atom stereocenters.